The molecule has 1 aliphatic carbocycles. The summed E-state index contributed by atoms with van der Waals surface area (Å²) >= 11 is 0. The summed E-state index contributed by atoms with van der Waals surface area (Å²) in [6.45, 7) is 5.39. The Kier molecular flexibility index (Phi) is 5.19. The van der Waals surface area contributed by atoms with Crippen LogP contribution in [0.4, 0.5) is 4.79 Å². The second kappa shape index (κ2) is 6.25. The number of nitriles is 1. The molecule has 1 unspecified atom stereocenters. The van der Waals surface area contributed by atoms with Gasteiger partial charge in [-0.05, 0) is 33.6 Å². The highest BCUT2D eigenvalue weighted by molar-refractivity contribution is 5.69. The van der Waals surface area contributed by atoms with Gasteiger partial charge < -0.3 is 15.2 Å². The van der Waals surface area contributed by atoms with Gasteiger partial charge in [0, 0.05) is 0 Å². The van der Waals surface area contributed by atoms with Crippen LogP contribution >= 0.6 is 0 Å². The Balaban J connectivity index is 2.75. The number of carbonyl (C=O) groups is 1. The molecule has 108 valence electrons. The maximum absolute atomic E-state index is 11.9. The van der Waals surface area contributed by atoms with Gasteiger partial charge in [0.05, 0.1) is 24.1 Å². The molecular formula is C14H24N2O3. The molecule has 0 bridgehead atoms. The molecule has 0 saturated heterocycles. The number of carbonyl (C=O) groups excluding carboxylic acids is 1. The van der Waals surface area contributed by atoms with E-state index in [4.69, 9.17) is 10.00 Å². The van der Waals surface area contributed by atoms with Crippen LogP contribution in [-0.4, -0.2) is 28.4 Å². The molecule has 19 heavy (non-hydrogen) atoms. The fourth-order valence-electron chi connectivity index (χ4n) is 2.51. The third-order valence-corrected chi connectivity index (χ3v) is 3.42. The van der Waals surface area contributed by atoms with Gasteiger partial charge in [0.2, 0.25) is 0 Å². The van der Waals surface area contributed by atoms with Crippen molar-refractivity contribution in [3.05, 3.63) is 0 Å². The normalized spacial score (nSPS) is 20.2. The van der Waals surface area contributed by atoms with Gasteiger partial charge in [0.25, 0.3) is 0 Å². The monoisotopic (exact) mass is 268 g/mol. The lowest BCUT2D eigenvalue weighted by molar-refractivity contribution is 0.00951. The van der Waals surface area contributed by atoms with Crippen LogP contribution in [0.15, 0.2) is 0 Å². The summed E-state index contributed by atoms with van der Waals surface area (Å²) in [7, 11) is 0. The van der Waals surface area contributed by atoms with E-state index in [9.17, 15) is 9.90 Å². The zero-order valence-electron chi connectivity index (χ0n) is 12.0. The van der Waals surface area contributed by atoms with E-state index >= 15 is 0 Å². The molecule has 0 heterocycles. The van der Waals surface area contributed by atoms with Gasteiger partial charge in [-0.1, -0.05) is 19.3 Å². The smallest absolute Gasteiger partial charge is 0.408 e. The van der Waals surface area contributed by atoms with E-state index in [1.54, 1.807) is 20.8 Å². The van der Waals surface area contributed by atoms with Crippen LogP contribution in [0.3, 0.4) is 0 Å². The summed E-state index contributed by atoms with van der Waals surface area (Å²) < 4.78 is 5.25. The van der Waals surface area contributed by atoms with Crippen molar-refractivity contribution in [2.75, 3.05) is 0 Å². The fraction of sp³-hybridized carbons (Fsp3) is 0.857. The van der Waals surface area contributed by atoms with Crippen LogP contribution in [0.25, 0.3) is 0 Å². The molecule has 1 aliphatic rings. The summed E-state index contributed by atoms with van der Waals surface area (Å²) in [5.74, 6) is 0. The highest BCUT2D eigenvalue weighted by atomic mass is 16.6. The van der Waals surface area contributed by atoms with Crippen LogP contribution in [0.1, 0.15) is 59.3 Å². The minimum atomic E-state index is -0.842. The number of aliphatic hydroxyl groups is 1. The third kappa shape index (κ3) is 4.71. The van der Waals surface area contributed by atoms with E-state index in [2.05, 4.69) is 5.32 Å². The maximum atomic E-state index is 11.9. The molecule has 0 radical (unpaired) electrons. The lowest BCUT2D eigenvalue weighted by atomic mass is 9.77. The number of hydrogen-bond acceptors (Lipinski definition) is 4. The van der Waals surface area contributed by atoms with E-state index in [0.717, 1.165) is 19.3 Å². The van der Waals surface area contributed by atoms with Gasteiger partial charge >= 0.3 is 6.09 Å². The van der Waals surface area contributed by atoms with E-state index in [1.165, 1.54) is 0 Å². The van der Waals surface area contributed by atoms with Gasteiger partial charge in [-0.3, -0.25) is 0 Å². The van der Waals surface area contributed by atoms with E-state index in [1.807, 2.05) is 6.07 Å². The number of alkyl carbamates (subject to hydrolysis) is 1. The van der Waals surface area contributed by atoms with Crippen LogP contribution < -0.4 is 5.32 Å². The molecule has 5 nitrogen and oxygen atoms in total. The van der Waals surface area contributed by atoms with Crippen molar-refractivity contribution in [1.82, 2.24) is 5.32 Å². The average Bonchev–Trinajstić information content (AvgIpc) is 2.27. The van der Waals surface area contributed by atoms with Gasteiger partial charge in [0.15, 0.2) is 0 Å². The molecule has 1 rings (SSSR count). The number of hydrogen-bond donors (Lipinski definition) is 2. The quantitative estimate of drug-likeness (QED) is 0.823. The zero-order valence-corrected chi connectivity index (χ0v) is 12.0. The van der Waals surface area contributed by atoms with Gasteiger partial charge in [-0.2, -0.15) is 5.26 Å². The van der Waals surface area contributed by atoms with Crippen LogP contribution in [0, 0.1) is 11.3 Å². The van der Waals surface area contributed by atoms with Crippen molar-refractivity contribution in [1.29, 1.82) is 5.26 Å². The van der Waals surface area contributed by atoms with Crippen molar-refractivity contribution >= 4 is 6.09 Å². The Hall–Kier alpha value is -1.28. The highest BCUT2D eigenvalue weighted by Crippen LogP contribution is 2.32. The van der Waals surface area contributed by atoms with E-state index in [-0.39, 0.29) is 6.42 Å². The number of nitrogens with zero attached hydrogens (tertiary/aromatic N) is 1. The predicted octanol–water partition coefficient (Wildman–Crippen LogP) is 2.49. The first kappa shape index (κ1) is 15.8. The molecule has 1 amide bonds. The number of aliphatic hydroxyl groups excluding tert-OH is 1. The van der Waals surface area contributed by atoms with Crippen molar-refractivity contribution in [2.45, 2.75) is 76.5 Å². The topological polar surface area (TPSA) is 82.3 Å². The highest BCUT2D eigenvalue weighted by Gasteiger charge is 2.41. The summed E-state index contributed by atoms with van der Waals surface area (Å²) in [6, 6.07) is 1.97. The largest absolute Gasteiger partial charge is 0.444 e. The van der Waals surface area contributed by atoms with Crippen molar-refractivity contribution in [3.63, 3.8) is 0 Å². The first-order chi connectivity index (χ1) is 8.79. The second-order valence-electron chi connectivity index (χ2n) is 6.22. The maximum Gasteiger partial charge on any atom is 0.408 e. The van der Waals surface area contributed by atoms with Crippen LogP contribution in [0.5, 0.6) is 0 Å². The summed E-state index contributed by atoms with van der Waals surface area (Å²) in [5, 5.41) is 21.7. The third-order valence-electron chi connectivity index (χ3n) is 3.42. The van der Waals surface area contributed by atoms with Gasteiger partial charge in [-0.15, -0.1) is 0 Å². The van der Waals surface area contributed by atoms with E-state index < -0.39 is 23.3 Å². The molecule has 5 heteroatoms. The average molecular weight is 268 g/mol. The molecule has 0 aromatic heterocycles. The summed E-state index contributed by atoms with van der Waals surface area (Å²) in [6.07, 6.45) is 3.02. The molecule has 1 saturated carbocycles. The molecule has 0 aromatic rings. The SMILES string of the molecule is CC(C)(C)OC(=O)NC1(C(O)CC#N)CCCCC1. The first-order valence-electron chi connectivity index (χ1n) is 6.85. The molecule has 0 spiro atoms. The molecular weight excluding hydrogens is 244 g/mol. The zero-order chi connectivity index (χ0) is 14.5. The summed E-state index contributed by atoms with van der Waals surface area (Å²) in [5.41, 5.74) is -1.28. The number of rotatable bonds is 3. The molecule has 1 atom stereocenters. The predicted molar refractivity (Wildman–Crippen MR) is 71.4 cm³/mol. The standard InChI is InChI=1S/C14H24N2O3/c1-13(2,3)19-12(18)16-14(11(17)7-10-15)8-5-4-6-9-14/h11,17H,4-9H2,1-3H3,(H,16,18). The molecule has 0 aromatic carbocycles. The van der Waals surface area contributed by atoms with Crippen molar-refractivity contribution in [3.8, 4) is 6.07 Å². The Bertz CT molecular complexity index is 349. The fourth-order valence-corrected chi connectivity index (χ4v) is 2.51. The van der Waals surface area contributed by atoms with E-state index in [0.29, 0.717) is 12.8 Å². The van der Waals surface area contributed by atoms with Gasteiger partial charge in [-0.25, -0.2) is 4.79 Å². The number of amides is 1. The molecule has 2 N–H and O–H groups in total. The Morgan fingerprint density at radius 1 is 1.42 bits per heavy atom. The molecule has 0 aliphatic heterocycles. The number of nitrogens with one attached hydrogen (secondary N) is 1. The minimum absolute atomic E-state index is 0.0236. The van der Waals surface area contributed by atoms with Crippen LogP contribution in [0.2, 0.25) is 0 Å². The minimum Gasteiger partial charge on any atom is -0.444 e. The van der Waals surface area contributed by atoms with Crippen LogP contribution in [-0.2, 0) is 4.74 Å². The Labute approximate surface area is 114 Å². The summed E-state index contributed by atoms with van der Waals surface area (Å²) in [4.78, 5) is 11.9. The Morgan fingerprint density at radius 3 is 2.47 bits per heavy atom. The Morgan fingerprint density at radius 2 is 2.00 bits per heavy atom. The van der Waals surface area contributed by atoms with Crippen molar-refractivity contribution in [2.24, 2.45) is 0 Å². The first-order valence-corrected chi connectivity index (χ1v) is 6.85. The number of ether oxygens (including phenoxy) is 1. The van der Waals surface area contributed by atoms with Crippen molar-refractivity contribution < 1.29 is 14.6 Å². The lowest BCUT2D eigenvalue weighted by Crippen LogP contribution is -2.58. The second-order valence-corrected chi connectivity index (χ2v) is 6.22. The lowest BCUT2D eigenvalue weighted by Gasteiger charge is -2.41. The molecule has 1 fully saturated rings. The van der Waals surface area contributed by atoms with Gasteiger partial charge in [0.1, 0.15) is 5.60 Å².